The van der Waals surface area contributed by atoms with E-state index in [4.69, 9.17) is 15.2 Å². The molecular formula is C22H24N4O5. The molecule has 0 fully saturated rings. The van der Waals surface area contributed by atoms with Crippen molar-refractivity contribution in [1.29, 1.82) is 0 Å². The molecule has 1 aliphatic rings. The van der Waals surface area contributed by atoms with Crippen LogP contribution >= 0.6 is 0 Å². The van der Waals surface area contributed by atoms with Crippen molar-refractivity contribution in [2.45, 2.75) is 19.0 Å². The Labute approximate surface area is 180 Å². The first-order chi connectivity index (χ1) is 14.9. The molecule has 2 aromatic carbocycles. The molecule has 9 heteroatoms. The first-order valence-electron chi connectivity index (χ1n) is 9.64. The van der Waals surface area contributed by atoms with Crippen molar-refractivity contribution in [3.63, 3.8) is 0 Å². The molecule has 0 unspecified atom stereocenters. The Morgan fingerprint density at radius 3 is 2.42 bits per heavy atom. The first kappa shape index (κ1) is 21.8. The van der Waals surface area contributed by atoms with E-state index in [2.05, 4.69) is 5.10 Å². The third kappa shape index (κ3) is 5.39. The van der Waals surface area contributed by atoms with Gasteiger partial charge in [0, 0.05) is 20.0 Å². The second kappa shape index (κ2) is 9.75. The van der Waals surface area contributed by atoms with Crippen LogP contribution in [0.4, 0.5) is 5.69 Å². The van der Waals surface area contributed by atoms with Crippen LogP contribution in [0.5, 0.6) is 5.75 Å². The summed E-state index contributed by atoms with van der Waals surface area (Å²) in [5, 5.41) is 5.60. The second-order valence-corrected chi connectivity index (χ2v) is 7.02. The van der Waals surface area contributed by atoms with Gasteiger partial charge in [-0.05, 0) is 29.8 Å². The molecule has 2 aromatic rings. The van der Waals surface area contributed by atoms with Crippen LogP contribution in [0.1, 0.15) is 12.0 Å². The number of methoxy groups -OCH3 is 1. The highest BCUT2D eigenvalue weighted by Gasteiger charge is 2.35. The van der Waals surface area contributed by atoms with Gasteiger partial charge in [-0.2, -0.15) is 5.10 Å². The number of primary amides is 1. The van der Waals surface area contributed by atoms with Crippen LogP contribution in [0, 0.1) is 0 Å². The van der Waals surface area contributed by atoms with E-state index in [0.717, 1.165) is 11.3 Å². The van der Waals surface area contributed by atoms with Crippen molar-refractivity contribution in [3.8, 4) is 5.75 Å². The van der Waals surface area contributed by atoms with Gasteiger partial charge in [-0.1, -0.05) is 30.3 Å². The van der Waals surface area contributed by atoms with Gasteiger partial charge < -0.3 is 20.1 Å². The topological polar surface area (TPSA) is 115 Å². The molecule has 2 N–H and O–H groups in total. The standard InChI is InChI=1S/C22H24N4O5/c1-25(13-15-8-10-17(30-2)11-9-15)20(27)14-31-22(29)18-12-19(21(23)28)26(24-18)16-6-4-3-5-7-16/h3-11,19H,12-14H2,1-2H3,(H2,23,28)/t19-/m1/s1. The smallest absolute Gasteiger partial charge is 0.355 e. The molecule has 31 heavy (non-hydrogen) atoms. The molecule has 0 saturated carbocycles. The van der Waals surface area contributed by atoms with E-state index in [9.17, 15) is 14.4 Å². The monoisotopic (exact) mass is 424 g/mol. The van der Waals surface area contributed by atoms with Gasteiger partial charge in [0.2, 0.25) is 5.91 Å². The zero-order chi connectivity index (χ0) is 22.4. The highest BCUT2D eigenvalue weighted by molar-refractivity contribution is 6.38. The molecule has 0 aromatic heterocycles. The zero-order valence-electron chi connectivity index (χ0n) is 17.4. The van der Waals surface area contributed by atoms with E-state index in [1.807, 2.05) is 18.2 Å². The van der Waals surface area contributed by atoms with Crippen LogP contribution in [0.3, 0.4) is 0 Å². The number of hydrogen-bond donors (Lipinski definition) is 1. The quantitative estimate of drug-likeness (QED) is 0.639. The van der Waals surface area contributed by atoms with E-state index in [1.54, 1.807) is 50.6 Å². The Balaban J connectivity index is 1.57. The maximum atomic E-state index is 12.4. The predicted octanol–water partition coefficient (Wildman–Crippen LogP) is 1.32. The molecule has 0 radical (unpaired) electrons. The number of nitrogens with zero attached hydrogens (tertiary/aromatic N) is 3. The first-order valence-corrected chi connectivity index (χ1v) is 9.64. The summed E-state index contributed by atoms with van der Waals surface area (Å²) in [4.78, 5) is 38.0. The van der Waals surface area contributed by atoms with E-state index in [1.165, 1.54) is 9.91 Å². The van der Waals surface area contributed by atoms with Gasteiger partial charge in [0.15, 0.2) is 6.61 Å². The number of ether oxygens (including phenoxy) is 2. The molecule has 3 rings (SSSR count). The lowest BCUT2D eigenvalue weighted by Gasteiger charge is -2.20. The number of para-hydroxylation sites is 1. The number of carbonyl (C=O) groups excluding carboxylic acids is 3. The van der Waals surface area contributed by atoms with Gasteiger partial charge in [0.25, 0.3) is 5.91 Å². The summed E-state index contributed by atoms with van der Waals surface area (Å²) in [5.41, 5.74) is 7.04. The van der Waals surface area contributed by atoms with Gasteiger partial charge in [-0.15, -0.1) is 0 Å². The van der Waals surface area contributed by atoms with Crippen LogP contribution in [-0.2, 0) is 25.7 Å². The third-order valence-corrected chi connectivity index (χ3v) is 4.83. The Hall–Kier alpha value is -3.88. The number of benzene rings is 2. The highest BCUT2D eigenvalue weighted by atomic mass is 16.5. The van der Waals surface area contributed by atoms with Crippen molar-refractivity contribution in [1.82, 2.24) is 4.90 Å². The predicted molar refractivity (Wildman–Crippen MR) is 114 cm³/mol. The minimum absolute atomic E-state index is 0.0128. The summed E-state index contributed by atoms with van der Waals surface area (Å²) in [6.07, 6.45) is 0.0128. The average Bonchev–Trinajstić information content (AvgIpc) is 3.24. The molecule has 2 amide bonds. The molecule has 1 heterocycles. The maximum absolute atomic E-state index is 12.4. The van der Waals surface area contributed by atoms with Gasteiger partial charge >= 0.3 is 5.97 Å². The zero-order valence-corrected chi connectivity index (χ0v) is 17.4. The molecule has 1 atom stereocenters. The highest BCUT2D eigenvalue weighted by Crippen LogP contribution is 2.24. The van der Waals surface area contributed by atoms with Crippen LogP contribution in [0.2, 0.25) is 0 Å². The summed E-state index contributed by atoms with van der Waals surface area (Å²) in [6.45, 7) is -0.0794. The van der Waals surface area contributed by atoms with Gasteiger partial charge in [0.05, 0.1) is 12.8 Å². The number of amides is 2. The molecule has 0 bridgehead atoms. The number of rotatable bonds is 8. The molecule has 162 valence electrons. The van der Waals surface area contributed by atoms with Crippen molar-refractivity contribution >= 4 is 29.2 Å². The SMILES string of the molecule is COc1ccc(CN(C)C(=O)COC(=O)C2=NN(c3ccccc3)[C@@H](C(N)=O)C2)cc1. The molecule has 1 aliphatic heterocycles. The Morgan fingerprint density at radius 2 is 1.81 bits per heavy atom. The number of carbonyl (C=O) groups is 3. The summed E-state index contributed by atoms with van der Waals surface area (Å²) in [6, 6.07) is 15.4. The normalized spacial score (nSPS) is 15.2. The lowest BCUT2D eigenvalue weighted by atomic mass is 10.1. The van der Waals surface area contributed by atoms with Crippen molar-refractivity contribution in [3.05, 3.63) is 60.2 Å². The molecule has 0 saturated heterocycles. The van der Waals surface area contributed by atoms with Crippen molar-refractivity contribution in [2.24, 2.45) is 10.8 Å². The van der Waals surface area contributed by atoms with Crippen LogP contribution in [0.15, 0.2) is 59.7 Å². The minimum Gasteiger partial charge on any atom is -0.497 e. The lowest BCUT2D eigenvalue weighted by molar-refractivity contribution is -0.146. The number of hydrogen-bond acceptors (Lipinski definition) is 7. The van der Waals surface area contributed by atoms with E-state index in [0.29, 0.717) is 12.2 Å². The Bertz CT molecular complexity index is 975. The molecule has 0 spiro atoms. The fourth-order valence-corrected chi connectivity index (χ4v) is 3.09. The van der Waals surface area contributed by atoms with E-state index >= 15 is 0 Å². The van der Waals surface area contributed by atoms with E-state index < -0.39 is 24.5 Å². The second-order valence-electron chi connectivity index (χ2n) is 7.02. The maximum Gasteiger partial charge on any atom is 0.355 e. The average molecular weight is 424 g/mol. The Kier molecular flexibility index (Phi) is 6.86. The Morgan fingerprint density at radius 1 is 1.13 bits per heavy atom. The number of anilines is 1. The number of hydrazone groups is 1. The largest absolute Gasteiger partial charge is 0.497 e. The fourth-order valence-electron chi connectivity index (χ4n) is 3.09. The number of esters is 1. The lowest BCUT2D eigenvalue weighted by Crippen LogP contribution is -2.39. The van der Waals surface area contributed by atoms with Gasteiger partial charge in [0.1, 0.15) is 17.5 Å². The summed E-state index contributed by atoms with van der Waals surface area (Å²) < 4.78 is 10.2. The van der Waals surface area contributed by atoms with E-state index in [-0.39, 0.29) is 18.0 Å². The van der Waals surface area contributed by atoms with Crippen molar-refractivity contribution in [2.75, 3.05) is 25.8 Å². The number of likely N-dealkylation sites (N-methyl/N-ethyl adjacent to an activating group) is 1. The summed E-state index contributed by atoms with van der Waals surface area (Å²) in [7, 11) is 3.20. The van der Waals surface area contributed by atoms with Gasteiger partial charge in [-0.25, -0.2) is 4.79 Å². The van der Waals surface area contributed by atoms with Crippen molar-refractivity contribution < 1.29 is 23.9 Å². The molecular weight excluding hydrogens is 400 g/mol. The molecule has 9 nitrogen and oxygen atoms in total. The fraction of sp³-hybridized carbons (Fsp3) is 0.273. The minimum atomic E-state index is -0.793. The van der Waals surface area contributed by atoms with Crippen LogP contribution < -0.4 is 15.5 Å². The third-order valence-electron chi connectivity index (χ3n) is 4.83. The number of nitrogens with two attached hydrogens (primary N) is 1. The van der Waals surface area contributed by atoms with Gasteiger partial charge in [-0.3, -0.25) is 14.6 Å². The molecule has 0 aliphatic carbocycles. The summed E-state index contributed by atoms with van der Waals surface area (Å²) in [5.74, 6) is -1.00. The summed E-state index contributed by atoms with van der Waals surface area (Å²) >= 11 is 0. The van der Waals surface area contributed by atoms with Crippen LogP contribution in [-0.4, -0.2) is 55.2 Å². The van der Waals surface area contributed by atoms with Crippen LogP contribution in [0.25, 0.3) is 0 Å².